The average molecular weight is 344 g/mol. The van der Waals surface area contributed by atoms with Crippen molar-refractivity contribution >= 4 is 11.8 Å². The molecule has 1 aliphatic heterocycles. The zero-order chi connectivity index (χ0) is 18.0. The topological polar surface area (TPSA) is 83.8 Å². The number of carbonyl (C=O) groups is 2. The summed E-state index contributed by atoms with van der Waals surface area (Å²) in [5.74, 6) is -3.73. The minimum absolute atomic E-state index is 0.223. The molecule has 5 rings (SSSR count). The summed E-state index contributed by atoms with van der Waals surface area (Å²) < 4.78 is 5.36. The van der Waals surface area contributed by atoms with Crippen LogP contribution in [0, 0.1) is 28.1 Å². The highest BCUT2D eigenvalue weighted by Crippen LogP contribution is 2.81. The first-order valence-electron chi connectivity index (χ1n) is 9.17. The van der Waals surface area contributed by atoms with Gasteiger partial charge in [-0.15, -0.1) is 6.58 Å². The minimum atomic E-state index is -2.14. The van der Waals surface area contributed by atoms with Crippen LogP contribution in [-0.4, -0.2) is 33.4 Å². The van der Waals surface area contributed by atoms with Gasteiger partial charge in [0.05, 0.1) is 16.9 Å². The molecular weight excluding hydrogens is 320 g/mol. The monoisotopic (exact) mass is 344 g/mol. The van der Waals surface area contributed by atoms with Crippen molar-refractivity contribution in [1.82, 2.24) is 0 Å². The Morgan fingerprint density at radius 2 is 1.96 bits per heavy atom. The molecule has 0 radical (unpaired) electrons. The van der Waals surface area contributed by atoms with Gasteiger partial charge in [-0.1, -0.05) is 19.1 Å². The summed E-state index contributed by atoms with van der Waals surface area (Å²) in [6.07, 6.45) is 6.81. The van der Waals surface area contributed by atoms with Gasteiger partial charge in [-0.05, 0) is 44.9 Å². The maximum absolute atomic E-state index is 13.3. The normalized spacial score (nSPS) is 58.5. The smallest absolute Gasteiger partial charge is 0.315 e. The molecule has 0 aromatic rings. The van der Waals surface area contributed by atoms with E-state index in [2.05, 4.69) is 6.58 Å². The number of ether oxygens (including phenoxy) is 1. The van der Waals surface area contributed by atoms with Crippen molar-refractivity contribution in [1.29, 1.82) is 0 Å². The van der Waals surface area contributed by atoms with Gasteiger partial charge in [0.15, 0.2) is 0 Å². The van der Waals surface area contributed by atoms with Crippen LogP contribution in [0.15, 0.2) is 24.3 Å². The Morgan fingerprint density at radius 1 is 1.24 bits per heavy atom. The summed E-state index contributed by atoms with van der Waals surface area (Å²) >= 11 is 0. The summed E-state index contributed by atoms with van der Waals surface area (Å²) in [6.45, 7) is 7.60. The third-order valence-electron chi connectivity index (χ3n) is 8.17. The molecule has 0 aromatic heterocycles. The van der Waals surface area contributed by atoms with Crippen molar-refractivity contribution in [2.45, 2.75) is 57.3 Å². The zero-order valence-corrected chi connectivity index (χ0v) is 14.7. The zero-order valence-electron chi connectivity index (χ0n) is 14.7. The highest BCUT2D eigenvalue weighted by molar-refractivity contribution is 6.08. The van der Waals surface area contributed by atoms with Crippen LogP contribution in [0.25, 0.3) is 0 Å². The second kappa shape index (κ2) is 3.94. The average Bonchev–Trinajstić information content (AvgIpc) is 3.26. The quantitative estimate of drug-likeness (QED) is 0.560. The molecule has 134 valence electrons. The first-order chi connectivity index (χ1) is 11.6. The molecule has 0 amide bonds. The lowest BCUT2D eigenvalue weighted by molar-refractivity contribution is -0.237. The number of aliphatic hydroxyl groups is 2. The molecule has 1 heterocycles. The second-order valence-electron chi connectivity index (χ2n) is 9.37. The van der Waals surface area contributed by atoms with Crippen molar-refractivity contribution < 1.29 is 24.5 Å². The summed E-state index contributed by atoms with van der Waals surface area (Å²) in [6, 6.07) is 0. The molecule has 5 nitrogen and oxygen atoms in total. The fourth-order valence-corrected chi connectivity index (χ4v) is 6.69. The van der Waals surface area contributed by atoms with Gasteiger partial charge in [0, 0.05) is 16.4 Å². The van der Waals surface area contributed by atoms with Gasteiger partial charge in [0.25, 0.3) is 5.79 Å². The third-order valence-corrected chi connectivity index (χ3v) is 8.17. The van der Waals surface area contributed by atoms with E-state index in [1.54, 1.807) is 19.1 Å². The van der Waals surface area contributed by atoms with Gasteiger partial charge >= 0.3 is 5.97 Å². The van der Waals surface area contributed by atoms with Crippen molar-refractivity contribution in [2.75, 3.05) is 0 Å². The van der Waals surface area contributed by atoms with Gasteiger partial charge in [-0.3, -0.25) is 9.59 Å². The van der Waals surface area contributed by atoms with E-state index < -0.39 is 45.3 Å². The van der Waals surface area contributed by atoms with E-state index in [-0.39, 0.29) is 11.5 Å². The number of Topliss-reactive ketones (excluding diaryl/α,β-unsaturated/α-hetero) is 1. The van der Waals surface area contributed by atoms with E-state index >= 15 is 0 Å². The van der Waals surface area contributed by atoms with Crippen LogP contribution in [0.1, 0.15) is 46.0 Å². The van der Waals surface area contributed by atoms with Gasteiger partial charge in [0.2, 0.25) is 5.78 Å². The molecule has 0 bridgehead atoms. The number of hydrogen-bond acceptors (Lipinski definition) is 5. The number of ketones is 1. The molecule has 2 N–H and O–H groups in total. The van der Waals surface area contributed by atoms with Crippen molar-refractivity contribution in [3.63, 3.8) is 0 Å². The highest BCUT2D eigenvalue weighted by atomic mass is 16.7. The SMILES string of the molecule is C=C[C@]1(C)C=C2C(=O)[C@@]3(O)OC(=O)[C@]4(C)CC[C@@H]5CC5([C@@H]43)[C@@]2(O)CC1. The predicted octanol–water partition coefficient (Wildman–Crippen LogP) is 1.88. The van der Waals surface area contributed by atoms with Crippen LogP contribution in [0.3, 0.4) is 0 Å². The molecule has 7 atom stereocenters. The molecule has 3 saturated carbocycles. The molecule has 5 heteroatoms. The lowest BCUT2D eigenvalue weighted by atomic mass is 9.47. The molecule has 1 spiro atoms. The summed E-state index contributed by atoms with van der Waals surface area (Å²) in [7, 11) is 0. The molecule has 4 aliphatic carbocycles. The number of carbonyl (C=O) groups excluding carboxylic acids is 2. The fourth-order valence-electron chi connectivity index (χ4n) is 6.69. The highest BCUT2D eigenvalue weighted by Gasteiger charge is 2.87. The van der Waals surface area contributed by atoms with E-state index in [0.717, 1.165) is 12.8 Å². The van der Waals surface area contributed by atoms with Gasteiger partial charge in [-0.25, -0.2) is 0 Å². The van der Waals surface area contributed by atoms with Crippen LogP contribution in [0.4, 0.5) is 0 Å². The van der Waals surface area contributed by atoms with E-state index in [1.165, 1.54) is 0 Å². The van der Waals surface area contributed by atoms with Crippen LogP contribution in [0.5, 0.6) is 0 Å². The Balaban J connectivity index is 1.79. The molecule has 1 saturated heterocycles. The fraction of sp³-hybridized carbons (Fsp3) is 0.700. The Kier molecular flexibility index (Phi) is 2.48. The standard InChI is InChI=1S/C20H24O5/c1-4-16(2)7-8-19(23)12(10-16)13(21)20(24)14-17(3,15(22)25-20)6-5-11-9-18(11,14)19/h4,10-11,14,23-24H,1,5-9H2,2-3H3/t11-,14-,16+,17-,18?,19-,20-/m1/s1. The van der Waals surface area contributed by atoms with Crippen molar-refractivity contribution in [3.05, 3.63) is 24.3 Å². The Hall–Kier alpha value is -1.46. The largest absolute Gasteiger partial charge is 0.424 e. The van der Waals surface area contributed by atoms with E-state index in [4.69, 9.17) is 4.74 Å². The number of rotatable bonds is 1. The second-order valence-corrected chi connectivity index (χ2v) is 9.37. The minimum Gasteiger partial charge on any atom is -0.424 e. The first kappa shape index (κ1) is 15.8. The Bertz CT molecular complexity index is 785. The van der Waals surface area contributed by atoms with E-state index in [9.17, 15) is 19.8 Å². The van der Waals surface area contributed by atoms with E-state index in [0.29, 0.717) is 19.3 Å². The van der Waals surface area contributed by atoms with Crippen LogP contribution < -0.4 is 0 Å². The summed E-state index contributed by atoms with van der Waals surface area (Å²) in [5, 5.41) is 23.0. The summed E-state index contributed by atoms with van der Waals surface area (Å²) in [5.41, 5.74) is -3.02. The molecule has 0 aromatic carbocycles. The Labute approximate surface area is 146 Å². The Morgan fingerprint density at radius 3 is 2.64 bits per heavy atom. The van der Waals surface area contributed by atoms with Crippen molar-refractivity contribution in [3.8, 4) is 0 Å². The van der Waals surface area contributed by atoms with Gasteiger partial charge in [-0.2, -0.15) is 0 Å². The number of esters is 1. The molecule has 25 heavy (non-hydrogen) atoms. The maximum atomic E-state index is 13.3. The lowest BCUT2D eigenvalue weighted by Gasteiger charge is -2.56. The summed E-state index contributed by atoms with van der Waals surface area (Å²) in [4.78, 5) is 25.9. The number of allylic oxidation sites excluding steroid dienone is 2. The third kappa shape index (κ3) is 1.40. The predicted molar refractivity (Wildman–Crippen MR) is 88.0 cm³/mol. The van der Waals surface area contributed by atoms with E-state index in [1.807, 2.05) is 6.92 Å². The van der Waals surface area contributed by atoms with Gasteiger partial charge in [0.1, 0.15) is 0 Å². The molecular formula is C20H24O5. The number of hydrogen-bond donors (Lipinski definition) is 2. The van der Waals surface area contributed by atoms with Crippen LogP contribution >= 0.6 is 0 Å². The van der Waals surface area contributed by atoms with Crippen LogP contribution in [0.2, 0.25) is 0 Å². The number of fused-ring (bicyclic) bond motifs is 1. The van der Waals surface area contributed by atoms with Crippen molar-refractivity contribution in [2.24, 2.45) is 28.1 Å². The maximum Gasteiger partial charge on any atom is 0.315 e. The van der Waals surface area contributed by atoms with Gasteiger partial charge < -0.3 is 14.9 Å². The van der Waals surface area contributed by atoms with Crippen LogP contribution in [-0.2, 0) is 14.3 Å². The molecule has 1 unspecified atom stereocenters. The first-order valence-corrected chi connectivity index (χ1v) is 9.17. The lowest BCUT2D eigenvalue weighted by Crippen LogP contribution is -2.68. The molecule has 4 fully saturated rings. The molecule has 5 aliphatic rings.